The highest BCUT2D eigenvalue weighted by Crippen LogP contribution is 2.38. The van der Waals surface area contributed by atoms with E-state index < -0.39 is 23.5 Å². The summed E-state index contributed by atoms with van der Waals surface area (Å²) in [5.74, 6) is -0.146. The summed E-state index contributed by atoms with van der Waals surface area (Å²) in [7, 11) is 3.19. The number of hydrogen-bond donors (Lipinski definition) is 2. The zero-order valence-electron chi connectivity index (χ0n) is 18.4. The SMILES string of the molecule is C=CCC1(C(=O)N[C@@H](Cc2ccc(-c3c(OC)cccc3OC)cc2)C(=O)O)CCCO1. The van der Waals surface area contributed by atoms with Crippen molar-refractivity contribution in [2.24, 2.45) is 0 Å². The molecule has 2 aromatic rings. The van der Waals surface area contributed by atoms with Gasteiger partial charge in [-0.3, -0.25) is 4.79 Å². The third-order valence-electron chi connectivity index (χ3n) is 5.70. The number of benzene rings is 2. The van der Waals surface area contributed by atoms with Crippen molar-refractivity contribution in [3.63, 3.8) is 0 Å². The largest absolute Gasteiger partial charge is 0.496 e. The Morgan fingerprint density at radius 2 is 1.84 bits per heavy atom. The van der Waals surface area contributed by atoms with Gasteiger partial charge < -0.3 is 24.6 Å². The van der Waals surface area contributed by atoms with Gasteiger partial charge in [-0.1, -0.05) is 36.4 Å². The summed E-state index contributed by atoms with van der Waals surface area (Å²) in [4.78, 5) is 24.7. The molecule has 1 amide bonds. The molecule has 0 saturated carbocycles. The zero-order valence-corrected chi connectivity index (χ0v) is 18.4. The molecule has 1 heterocycles. The minimum absolute atomic E-state index is 0.147. The Hall–Kier alpha value is -3.32. The first kappa shape index (κ1) is 23.3. The molecule has 0 aliphatic carbocycles. The van der Waals surface area contributed by atoms with Crippen LogP contribution < -0.4 is 14.8 Å². The lowest BCUT2D eigenvalue weighted by atomic mass is 9.93. The van der Waals surface area contributed by atoms with E-state index in [0.29, 0.717) is 30.9 Å². The van der Waals surface area contributed by atoms with Crippen LogP contribution in [-0.2, 0) is 20.7 Å². The van der Waals surface area contributed by atoms with E-state index in [1.54, 1.807) is 20.3 Å². The van der Waals surface area contributed by atoms with Gasteiger partial charge in [-0.15, -0.1) is 6.58 Å². The van der Waals surface area contributed by atoms with Crippen molar-refractivity contribution in [3.8, 4) is 22.6 Å². The molecule has 7 nitrogen and oxygen atoms in total. The molecule has 1 saturated heterocycles. The number of hydrogen-bond acceptors (Lipinski definition) is 5. The van der Waals surface area contributed by atoms with Gasteiger partial charge in [0, 0.05) is 19.4 Å². The fraction of sp³-hybridized carbons (Fsp3) is 0.360. The molecule has 0 radical (unpaired) electrons. The van der Waals surface area contributed by atoms with Crippen LogP contribution in [-0.4, -0.2) is 49.5 Å². The standard InChI is InChI=1S/C25H29NO6/c1-4-13-25(14-6-15-32-25)24(29)26-19(23(27)28)16-17-9-11-18(12-10-17)22-20(30-2)7-5-8-21(22)31-3/h4-5,7-12,19H,1,6,13-16H2,2-3H3,(H,26,29)(H,27,28)/t19-,25?/m0/s1. The first-order chi connectivity index (χ1) is 15.4. The highest BCUT2D eigenvalue weighted by molar-refractivity contribution is 5.90. The van der Waals surface area contributed by atoms with Gasteiger partial charge in [-0.2, -0.15) is 0 Å². The Kier molecular flexibility index (Phi) is 7.53. The number of rotatable bonds is 10. The predicted molar refractivity (Wildman–Crippen MR) is 121 cm³/mol. The van der Waals surface area contributed by atoms with Crippen LogP contribution in [0.1, 0.15) is 24.8 Å². The number of nitrogens with one attached hydrogen (secondary N) is 1. The number of carbonyl (C=O) groups is 2. The van der Waals surface area contributed by atoms with E-state index in [2.05, 4.69) is 11.9 Å². The molecule has 1 fully saturated rings. The fourth-order valence-electron chi connectivity index (χ4n) is 4.03. The lowest BCUT2D eigenvalue weighted by Crippen LogP contribution is -2.52. The van der Waals surface area contributed by atoms with Gasteiger partial charge in [0.1, 0.15) is 23.1 Å². The highest BCUT2D eigenvalue weighted by atomic mass is 16.5. The van der Waals surface area contributed by atoms with Crippen molar-refractivity contribution in [1.29, 1.82) is 0 Å². The van der Waals surface area contributed by atoms with E-state index in [0.717, 1.165) is 23.1 Å². The van der Waals surface area contributed by atoms with Gasteiger partial charge in [0.2, 0.25) is 0 Å². The minimum atomic E-state index is -1.10. The van der Waals surface area contributed by atoms with Crippen LogP contribution >= 0.6 is 0 Å². The topological polar surface area (TPSA) is 94.1 Å². The second-order valence-electron chi connectivity index (χ2n) is 7.74. The van der Waals surface area contributed by atoms with Crippen molar-refractivity contribution in [2.75, 3.05) is 20.8 Å². The van der Waals surface area contributed by atoms with Gasteiger partial charge in [0.25, 0.3) is 5.91 Å². The molecule has 2 atom stereocenters. The summed E-state index contributed by atoms with van der Waals surface area (Å²) in [6.45, 7) is 4.18. The van der Waals surface area contributed by atoms with Crippen LogP contribution in [0.3, 0.4) is 0 Å². The third-order valence-corrected chi connectivity index (χ3v) is 5.70. The Morgan fingerprint density at radius 3 is 2.34 bits per heavy atom. The molecule has 0 aromatic heterocycles. The summed E-state index contributed by atoms with van der Waals surface area (Å²) in [5, 5.41) is 12.4. The van der Waals surface area contributed by atoms with Crippen LogP contribution in [0.15, 0.2) is 55.1 Å². The quantitative estimate of drug-likeness (QED) is 0.550. The Labute approximate surface area is 188 Å². The van der Waals surface area contributed by atoms with Crippen molar-refractivity contribution in [2.45, 2.75) is 37.3 Å². The molecular formula is C25H29NO6. The van der Waals surface area contributed by atoms with Crippen LogP contribution in [0.25, 0.3) is 11.1 Å². The van der Waals surface area contributed by atoms with Gasteiger partial charge >= 0.3 is 5.97 Å². The number of carboxylic acid groups (broad SMARTS) is 1. The number of aliphatic carboxylic acids is 1. The third kappa shape index (κ3) is 4.94. The molecule has 32 heavy (non-hydrogen) atoms. The monoisotopic (exact) mass is 439 g/mol. The number of carboxylic acids is 1. The molecule has 2 aromatic carbocycles. The number of methoxy groups -OCH3 is 2. The van der Waals surface area contributed by atoms with Crippen LogP contribution in [0, 0.1) is 0 Å². The Bertz CT molecular complexity index is 941. The van der Waals surface area contributed by atoms with E-state index in [4.69, 9.17) is 14.2 Å². The molecule has 0 bridgehead atoms. The number of ether oxygens (including phenoxy) is 3. The van der Waals surface area contributed by atoms with Gasteiger partial charge in [-0.05, 0) is 36.1 Å². The molecule has 7 heteroatoms. The molecule has 170 valence electrons. The fourth-order valence-corrected chi connectivity index (χ4v) is 4.03. The minimum Gasteiger partial charge on any atom is -0.496 e. The summed E-state index contributed by atoms with van der Waals surface area (Å²) in [6, 6.07) is 11.9. The molecule has 1 unspecified atom stereocenters. The summed E-state index contributed by atoms with van der Waals surface area (Å²) in [5.41, 5.74) is 1.44. The molecular weight excluding hydrogens is 410 g/mol. The lowest BCUT2D eigenvalue weighted by Gasteiger charge is -2.27. The maximum Gasteiger partial charge on any atom is 0.326 e. The second-order valence-corrected chi connectivity index (χ2v) is 7.74. The van der Waals surface area contributed by atoms with Crippen molar-refractivity contribution in [3.05, 3.63) is 60.7 Å². The number of carbonyl (C=O) groups excluding carboxylic acids is 1. The normalized spacial score (nSPS) is 18.6. The van der Waals surface area contributed by atoms with Crippen molar-refractivity contribution < 1.29 is 28.9 Å². The van der Waals surface area contributed by atoms with E-state index in [1.807, 2.05) is 42.5 Å². The summed E-state index contributed by atoms with van der Waals surface area (Å²) in [6.07, 6.45) is 3.43. The van der Waals surface area contributed by atoms with E-state index in [1.165, 1.54) is 0 Å². The molecule has 1 aliphatic heterocycles. The molecule has 2 N–H and O–H groups in total. The molecule has 1 aliphatic rings. The van der Waals surface area contributed by atoms with Crippen molar-refractivity contribution in [1.82, 2.24) is 5.32 Å². The zero-order chi connectivity index (χ0) is 23.1. The van der Waals surface area contributed by atoms with Crippen LogP contribution in [0.2, 0.25) is 0 Å². The van der Waals surface area contributed by atoms with E-state index in [9.17, 15) is 14.7 Å². The Morgan fingerprint density at radius 1 is 1.19 bits per heavy atom. The number of amides is 1. The predicted octanol–water partition coefficient (Wildman–Crippen LogP) is 3.61. The first-order valence-corrected chi connectivity index (χ1v) is 10.5. The van der Waals surface area contributed by atoms with Crippen LogP contribution in [0.5, 0.6) is 11.5 Å². The lowest BCUT2D eigenvalue weighted by molar-refractivity contribution is -0.148. The average Bonchev–Trinajstić information content (AvgIpc) is 3.28. The maximum absolute atomic E-state index is 12.9. The second kappa shape index (κ2) is 10.3. The van der Waals surface area contributed by atoms with Gasteiger partial charge in [-0.25, -0.2) is 4.79 Å². The first-order valence-electron chi connectivity index (χ1n) is 10.5. The van der Waals surface area contributed by atoms with Crippen LogP contribution in [0.4, 0.5) is 0 Å². The van der Waals surface area contributed by atoms with Gasteiger partial charge in [0.05, 0.1) is 19.8 Å². The molecule has 0 spiro atoms. The van der Waals surface area contributed by atoms with E-state index >= 15 is 0 Å². The van der Waals surface area contributed by atoms with E-state index in [-0.39, 0.29) is 6.42 Å². The van der Waals surface area contributed by atoms with Crippen molar-refractivity contribution >= 4 is 11.9 Å². The maximum atomic E-state index is 12.9. The summed E-state index contributed by atoms with van der Waals surface area (Å²) < 4.78 is 16.6. The summed E-state index contributed by atoms with van der Waals surface area (Å²) >= 11 is 0. The molecule has 3 rings (SSSR count). The average molecular weight is 440 g/mol. The Balaban J connectivity index is 1.78. The van der Waals surface area contributed by atoms with Gasteiger partial charge in [0.15, 0.2) is 0 Å². The smallest absolute Gasteiger partial charge is 0.326 e. The highest BCUT2D eigenvalue weighted by Gasteiger charge is 2.42.